The van der Waals surface area contributed by atoms with E-state index in [1.807, 2.05) is 43.5 Å². The van der Waals surface area contributed by atoms with Crippen LogP contribution in [-0.2, 0) is 9.53 Å². The van der Waals surface area contributed by atoms with Crippen molar-refractivity contribution in [3.05, 3.63) is 47.5 Å². The van der Waals surface area contributed by atoms with Gasteiger partial charge in [-0.15, -0.1) is 0 Å². The number of nitrogens with one attached hydrogen (secondary N) is 1. The first-order valence-corrected chi connectivity index (χ1v) is 9.42. The smallest absolute Gasteiger partial charge is 0.250 e. The second-order valence-corrected chi connectivity index (χ2v) is 6.47. The highest BCUT2D eigenvalue weighted by Gasteiger charge is 2.12. The molecule has 0 atom stereocenters. The second kappa shape index (κ2) is 10.7. The number of thioether (sulfide) groups is 1. The van der Waals surface area contributed by atoms with Crippen LogP contribution in [0.1, 0.15) is 19.5 Å². The van der Waals surface area contributed by atoms with Crippen LogP contribution in [0.2, 0.25) is 0 Å². The van der Waals surface area contributed by atoms with E-state index in [9.17, 15) is 4.79 Å². The van der Waals surface area contributed by atoms with Gasteiger partial charge in [-0.2, -0.15) is 0 Å². The lowest BCUT2D eigenvalue weighted by Crippen LogP contribution is -2.15. The minimum Gasteiger partial charge on any atom is -0.490 e. The summed E-state index contributed by atoms with van der Waals surface area (Å²) in [5.41, 5.74) is 2.14. The number of methoxy groups -OCH3 is 1. The Balaban J connectivity index is 2.49. The third kappa shape index (κ3) is 5.82. The average molecular weight is 388 g/mol. The molecule has 0 saturated carbocycles. The van der Waals surface area contributed by atoms with Gasteiger partial charge in [0.25, 0.3) is 0 Å². The van der Waals surface area contributed by atoms with Crippen molar-refractivity contribution in [3.63, 3.8) is 0 Å². The fourth-order valence-electron chi connectivity index (χ4n) is 2.37. The van der Waals surface area contributed by atoms with E-state index >= 15 is 0 Å². The Bertz CT molecular complexity index is 849. The van der Waals surface area contributed by atoms with E-state index in [1.165, 1.54) is 0 Å². The zero-order valence-electron chi connectivity index (χ0n) is 15.7. The summed E-state index contributed by atoms with van der Waals surface area (Å²) in [7, 11) is 1.62. The molecule has 2 N–H and O–H groups in total. The number of benzene rings is 1. The number of hydrogen-bond donors (Lipinski definition) is 2. The monoisotopic (exact) mass is 388 g/mol. The quantitative estimate of drug-likeness (QED) is 0.636. The zero-order chi connectivity index (χ0) is 19.6. The van der Waals surface area contributed by atoms with Gasteiger partial charge in [-0.05, 0) is 37.5 Å². The zero-order valence-corrected chi connectivity index (χ0v) is 16.5. The van der Waals surface area contributed by atoms with E-state index in [2.05, 4.69) is 5.32 Å². The molecule has 1 aromatic carbocycles. The highest BCUT2D eigenvalue weighted by atomic mass is 32.2. The van der Waals surface area contributed by atoms with Gasteiger partial charge in [0.15, 0.2) is 0 Å². The molecule has 0 aliphatic heterocycles. The maximum atomic E-state index is 11.5. The van der Waals surface area contributed by atoms with Crippen LogP contribution < -0.4 is 10.1 Å². The van der Waals surface area contributed by atoms with Gasteiger partial charge in [-0.3, -0.25) is 4.79 Å². The van der Waals surface area contributed by atoms with Crippen LogP contribution in [-0.4, -0.2) is 42.9 Å². The standard InChI is InChI=1S/C20H24N2O4S/c1-4-10-27-19(5-2)17-12-18(26-9-8-25-3)15-11-14(21-20(24)13-23)6-7-16(15)22-17/h4-7,10-12,23H,8-9,13H2,1-3H3,(H,21,24)/b10-4-,19-5-. The van der Waals surface area contributed by atoms with Gasteiger partial charge < -0.3 is 19.9 Å². The summed E-state index contributed by atoms with van der Waals surface area (Å²) in [5.74, 6) is 0.187. The molecule has 1 amide bonds. The molecule has 0 spiro atoms. The topological polar surface area (TPSA) is 80.7 Å². The third-order valence-corrected chi connectivity index (χ3v) is 4.70. The molecule has 0 saturated heterocycles. The molecule has 6 nitrogen and oxygen atoms in total. The lowest BCUT2D eigenvalue weighted by molar-refractivity contribution is -0.118. The molecule has 0 aliphatic rings. The summed E-state index contributed by atoms with van der Waals surface area (Å²) in [6.07, 6.45) is 3.98. The summed E-state index contributed by atoms with van der Waals surface area (Å²) in [6.45, 7) is 4.23. The van der Waals surface area contributed by atoms with Crippen LogP contribution in [0.3, 0.4) is 0 Å². The number of carbonyl (C=O) groups excluding carboxylic acids is 1. The van der Waals surface area contributed by atoms with E-state index in [0.717, 1.165) is 21.5 Å². The van der Waals surface area contributed by atoms with Gasteiger partial charge in [0, 0.05) is 29.2 Å². The van der Waals surface area contributed by atoms with Crippen molar-refractivity contribution in [2.75, 3.05) is 32.2 Å². The van der Waals surface area contributed by atoms with Gasteiger partial charge in [-0.1, -0.05) is 23.9 Å². The number of allylic oxidation sites excluding steroid dienone is 2. The van der Waals surface area contributed by atoms with Crippen LogP contribution in [0.15, 0.2) is 41.8 Å². The number of carbonyl (C=O) groups is 1. The SMILES string of the molecule is C/C=C\S/C(=C\C)c1cc(OCCOC)c2cc(NC(=O)CO)ccc2n1. The van der Waals surface area contributed by atoms with Crippen molar-refractivity contribution in [1.82, 2.24) is 4.98 Å². The van der Waals surface area contributed by atoms with Crippen LogP contribution in [0.5, 0.6) is 5.75 Å². The predicted molar refractivity (Wildman–Crippen MR) is 111 cm³/mol. The maximum absolute atomic E-state index is 11.5. The van der Waals surface area contributed by atoms with E-state index in [4.69, 9.17) is 19.6 Å². The molecule has 1 aromatic heterocycles. The van der Waals surface area contributed by atoms with E-state index < -0.39 is 12.5 Å². The number of fused-ring (bicyclic) bond motifs is 1. The fourth-order valence-corrected chi connectivity index (χ4v) is 3.02. The first-order valence-electron chi connectivity index (χ1n) is 8.54. The summed E-state index contributed by atoms with van der Waals surface area (Å²) in [4.78, 5) is 17.2. The Morgan fingerprint density at radius 2 is 2.11 bits per heavy atom. The van der Waals surface area contributed by atoms with Crippen LogP contribution in [0.25, 0.3) is 15.8 Å². The van der Waals surface area contributed by atoms with Gasteiger partial charge in [0.1, 0.15) is 19.0 Å². The van der Waals surface area contributed by atoms with Gasteiger partial charge >= 0.3 is 0 Å². The number of aromatic nitrogens is 1. The minimum absolute atomic E-state index is 0.398. The number of ether oxygens (including phenoxy) is 2. The van der Waals surface area contributed by atoms with Gasteiger partial charge in [0.05, 0.1) is 17.8 Å². The summed E-state index contributed by atoms with van der Waals surface area (Å²) in [6, 6.07) is 7.25. The molecule has 0 radical (unpaired) electrons. The number of hydrogen-bond acceptors (Lipinski definition) is 6. The van der Waals surface area contributed by atoms with Crippen LogP contribution >= 0.6 is 11.8 Å². The Morgan fingerprint density at radius 1 is 1.30 bits per heavy atom. The molecule has 0 unspecified atom stereocenters. The number of aliphatic hydroxyl groups excluding tert-OH is 1. The predicted octanol–water partition coefficient (Wildman–Crippen LogP) is 3.82. The molecule has 2 rings (SSSR count). The van der Waals surface area contributed by atoms with Crippen molar-refractivity contribution in [3.8, 4) is 5.75 Å². The summed E-state index contributed by atoms with van der Waals surface area (Å²) >= 11 is 1.59. The van der Waals surface area contributed by atoms with E-state index in [0.29, 0.717) is 24.7 Å². The van der Waals surface area contributed by atoms with Crippen molar-refractivity contribution in [2.24, 2.45) is 0 Å². The number of nitrogens with zero attached hydrogens (tertiary/aromatic N) is 1. The molecular weight excluding hydrogens is 364 g/mol. The van der Waals surface area contributed by atoms with Crippen molar-refractivity contribution in [1.29, 1.82) is 0 Å². The van der Waals surface area contributed by atoms with Crippen molar-refractivity contribution >= 4 is 39.2 Å². The lowest BCUT2D eigenvalue weighted by Gasteiger charge is -2.13. The lowest BCUT2D eigenvalue weighted by atomic mass is 10.1. The Morgan fingerprint density at radius 3 is 2.78 bits per heavy atom. The second-order valence-electron chi connectivity index (χ2n) is 5.53. The number of amides is 1. The third-order valence-electron chi connectivity index (χ3n) is 3.59. The molecule has 7 heteroatoms. The highest BCUT2D eigenvalue weighted by Crippen LogP contribution is 2.34. The molecule has 2 aromatic rings. The fraction of sp³-hybridized carbons (Fsp3) is 0.300. The summed E-state index contributed by atoms with van der Waals surface area (Å²) in [5, 5.41) is 14.3. The average Bonchev–Trinajstić information content (AvgIpc) is 2.68. The minimum atomic E-state index is -0.570. The van der Waals surface area contributed by atoms with Crippen molar-refractivity contribution in [2.45, 2.75) is 13.8 Å². The molecule has 27 heavy (non-hydrogen) atoms. The van der Waals surface area contributed by atoms with Crippen molar-refractivity contribution < 1.29 is 19.4 Å². The molecule has 144 valence electrons. The molecule has 1 heterocycles. The molecule has 0 aliphatic carbocycles. The first kappa shape index (κ1) is 21.0. The normalized spacial score (nSPS) is 11.9. The number of anilines is 1. The Hall–Kier alpha value is -2.35. The van der Waals surface area contributed by atoms with E-state index in [-0.39, 0.29) is 0 Å². The van der Waals surface area contributed by atoms with Crippen LogP contribution in [0.4, 0.5) is 5.69 Å². The van der Waals surface area contributed by atoms with Crippen LogP contribution in [0, 0.1) is 0 Å². The Kier molecular flexibility index (Phi) is 8.32. The summed E-state index contributed by atoms with van der Waals surface area (Å²) < 4.78 is 11.0. The van der Waals surface area contributed by atoms with Gasteiger partial charge in [0.2, 0.25) is 5.91 Å². The highest BCUT2D eigenvalue weighted by molar-refractivity contribution is 8.10. The molecule has 0 fully saturated rings. The molecular formula is C20H24N2O4S. The number of pyridine rings is 1. The van der Waals surface area contributed by atoms with Gasteiger partial charge in [-0.25, -0.2) is 4.98 Å². The molecule has 0 bridgehead atoms. The Labute approximate surface area is 163 Å². The number of aliphatic hydroxyl groups is 1. The largest absolute Gasteiger partial charge is 0.490 e. The number of rotatable bonds is 9. The van der Waals surface area contributed by atoms with E-state index in [1.54, 1.807) is 31.0 Å². The first-order chi connectivity index (χ1) is 13.1. The maximum Gasteiger partial charge on any atom is 0.250 e.